The summed E-state index contributed by atoms with van der Waals surface area (Å²) in [7, 11) is 3.49. The largest absolute Gasteiger partial charge is 0.490 e. The van der Waals surface area contributed by atoms with Crippen molar-refractivity contribution in [3.05, 3.63) is 92.2 Å². The van der Waals surface area contributed by atoms with Gasteiger partial charge in [0.15, 0.2) is 0 Å². The molecule has 3 aliphatic rings. The summed E-state index contributed by atoms with van der Waals surface area (Å²) in [5.41, 5.74) is 2.36. The Bertz CT molecular complexity index is 1540. The highest BCUT2D eigenvalue weighted by Gasteiger charge is 2.54. The number of urea groups is 1. The summed E-state index contributed by atoms with van der Waals surface area (Å²) in [5, 5.41) is 4.87. The van der Waals surface area contributed by atoms with Crippen LogP contribution in [0.25, 0.3) is 0 Å². The van der Waals surface area contributed by atoms with Crippen molar-refractivity contribution in [2.24, 2.45) is 4.99 Å². The number of halogens is 4. The fourth-order valence-corrected chi connectivity index (χ4v) is 7.30. The van der Waals surface area contributed by atoms with Gasteiger partial charge in [0.2, 0.25) is 0 Å². The zero-order valence-electron chi connectivity index (χ0n) is 23.4. The lowest BCUT2D eigenvalue weighted by Crippen LogP contribution is -2.52. The van der Waals surface area contributed by atoms with Gasteiger partial charge in [-0.05, 0) is 60.5 Å². The molecule has 6 nitrogen and oxygen atoms in total. The smallest absolute Gasteiger partial charge is 0.319 e. The van der Waals surface area contributed by atoms with Crippen molar-refractivity contribution in [1.29, 1.82) is 0 Å². The fraction of sp³-hybridized carbons (Fsp3) is 0.375. The molecule has 0 aliphatic carbocycles. The third kappa shape index (κ3) is 5.15. The molecule has 1 N–H and O–H groups in total. The average molecular weight is 630 g/mol. The molecule has 0 bridgehead atoms. The Morgan fingerprint density at radius 2 is 1.81 bits per heavy atom. The van der Waals surface area contributed by atoms with E-state index in [9.17, 15) is 4.79 Å². The molecular formula is C32H32Cl3FN4O2. The summed E-state index contributed by atoms with van der Waals surface area (Å²) in [6.45, 7) is 1.77. The Morgan fingerprint density at radius 3 is 2.55 bits per heavy atom. The summed E-state index contributed by atoms with van der Waals surface area (Å²) in [4.78, 5) is 20.7. The Balaban J connectivity index is 1.43. The number of rotatable bonds is 4. The minimum atomic E-state index is -0.770. The van der Waals surface area contributed by atoms with E-state index in [1.54, 1.807) is 31.1 Å². The maximum Gasteiger partial charge on any atom is 0.319 e. The van der Waals surface area contributed by atoms with Crippen LogP contribution in [0.3, 0.4) is 0 Å². The van der Waals surface area contributed by atoms with Crippen molar-refractivity contribution in [2.75, 3.05) is 33.7 Å². The molecule has 3 heterocycles. The molecule has 3 atom stereocenters. The molecule has 2 saturated heterocycles. The normalized spacial score (nSPS) is 23.7. The number of carbonyl (C=O) groups is 1. The van der Waals surface area contributed by atoms with Gasteiger partial charge >= 0.3 is 6.03 Å². The van der Waals surface area contributed by atoms with Gasteiger partial charge in [0, 0.05) is 67.8 Å². The van der Waals surface area contributed by atoms with Crippen molar-refractivity contribution in [3.63, 3.8) is 0 Å². The van der Waals surface area contributed by atoms with Crippen LogP contribution in [0.15, 0.2) is 59.6 Å². The second-order valence-corrected chi connectivity index (χ2v) is 12.7. The molecule has 2 amide bonds. The molecule has 220 valence electrons. The molecule has 2 fully saturated rings. The zero-order chi connectivity index (χ0) is 29.6. The molecule has 3 aromatic rings. The molecule has 0 saturated carbocycles. The second kappa shape index (κ2) is 11.7. The highest BCUT2D eigenvalue weighted by Crippen LogP contribution is 2.57. The fourth-order valence-electron chi connectivity index (χ4n) is 6.77. The first-order chi connectivity index (χ1) is 20.2. The summed E-state index contributed by atoms with van der Waals surface area (Å²) in [6.07, 6.45) is 3.82. The Labute approximate surface area is 260 Å². The van der Waals surface area contributed by atoms with Crippen LogP contribution in [0, 0.1) is 5.82 Å². The lowest BCUT2D eigenvalue weighted by Gasteiger charge is -2.48. The summed E-state index contributed by atoms with van der Waals surface area (Å²) in [5.74, 6) is -0.150. The van der Waals surface area contributed by atoms with Crippen LogP contribution in [0.5, 0.6) is 5.75 Å². The molecular weight excluding hydrogens is 598 g/mol. The molecule has 42 heavy (non-hydrogen) atoms. The molecule has 0 radical (unpaired) electrons. The van der Waals surface area contributed by atoms with Gasteiger partial charge in [-0.15, -0.1) is 0 Å². The molecule has 3 aliphatic heterocycles. The summed E-state index contributed by atoms with van der Waals surface area (Å²) < 4.78 is 22.9. The number of aliphatic imine (C=N–C) groups is 1. The number of amides is 2. The van der Waals surface area contributed by atoms with Gasteiger partial charge < -0.3 is 19.9 Å². The molecule has 0 unspecified atom stereocenters. The van der Waals surface area contributed by atoms with Gasteiger partial charge in [-0.2, -0.15) is 0 Å². The second-order valence-electron chi connectivity index (χ2n) is 11.4. The van der Waals surface area contributed by atoms with Crippen molar-refractivity contribution in [3.8, 4) is 5.75 Å². The molecule has 6 rings (SSSR count). The average Bonchev–Trinajstić information content (AvgIpc) is 3.34. The first-order valence-corrected chi connectivity index (χ1v) is 15.3. The van der Waals surface area contributed by atoms with Crippen molar-refractivity contribution >= 4 is 52.7 Å². The lowest BCUT2D eigenvalue weighted by atomic mass is 9.60. The standard InChI is InChI=1S/C32H32Cl3FN4O2/c1-39(2)31(41)40-14-11-22(12-15-40)42-27-9-8-25(35)29(36)28(27)30-32(18-38-26-17-21(34)6-7-24(26)32)23(10-13-37-30)19-4-3-5-20(33)16-19/h3-9,16-18,22-23,30,37H,10-15H2,1-2H3/t23-,30-,32-/m0/s1. The third-order valence-corrected chi connectivity index (χ3v) is 9.46. The quantitative estimate of drug-likeness (QED) is 0.321. The lowest BCUT2D eigenvalue weighted by molar-refractivity contribution is 0.0990. The number of fused-ring (bicyclic) bond motifs is 2. The number of hydrogen-bond acceptors (Lipinski definition) is 4. The van der Waals surface area contributed by atoms with Crippen molar-refractivity contribution < 1.29 is 13.9 Å². The maximum absolute atomic E-state index is 16.3. The van der Waals surface area contributed by atoms with Crippen LogP contribution in [-0.4, -0.2) is 61.9 Å². The minimum absolute atomic E-state index is 0.0219. The van der Waals surface area contributed by atoms with Gasteiger partial charge in [0.25, 0.3) is 0 Å². The van der Waals surface area contributed by atoms with Crippen molar-refractivity contribution in [2.45, 2.75) is 42.7 Å². The van der Waals surface area contributed by atoms with Gasteiger partial charge in [0.05, 0.1) is 22.2 Å². The van der Waals surface area contributed by atoms with E-state index < -0.39 is 17.3 Å². The topological polar surface area (TPSA) is 57.2 Å². The van der Waals surface area contributed by atoms with Crippen LogP contribution in [0.2, 0.25) is 15.1 Å². The summed E-state index contributed by atoms with van der Waals surface area (Å²) >= 11 is 19.3. The van der Waals surface area contributed by atoms with E-state index in [1.165, 1.54) is 0 Å². The molecule has 0 aromatic heterocycles. The molecule has 3 aromatic carbocycles. The van der Waals surface area contributed by atoms with Gasteiger partial charge in [-0.3, -0.25) is 4.99 Å². The SMILES string of the molecule is CN(C)C(=O)N1CCC(Oc2ccc(Cl)c(F)c2[C@@H]2NCC[C@@H](c3cccc(Cl)c3)[C@]23C=Nc2cc(Cl)ccc23)CC1. The minimum Gasteiger partial charge on any atom is -0.490 e. The summed E-state index contributed by atoms with van der Waals surface area (Å²) in [6, 6.07) is 16.3. The number of piperidine rings is 2. The van der Waals surface area contributed by atoms with Gasteiger partial charge in [-0.25, -0.2) is 9.18 Å². The van der Waals surface area contributed by atoms with E-state index in [2.05, 4.69) is 11.4 Å². The number of carbonyl (C=O) groups excluding carboxylic acids is 1. The third-order valence-electron chi connectivity index (χ3n) is 8.70. The van der Waals surface area contributed by atoms with Crippen LogP contribution < -0.4 is 10.1 Å². The Morgan fingerprint density at radius 1 is 1.05 bits per heavy atom. The van der Waals surface area contributed by atoms with Crippen LogP contribution in [0.4, 0.5) is 14.9 Å². The van der Waals surface area contributed by atoms with E-state index in [1.807, 2.05) is 47.5 Å². The van der Waals surface area contributed by atoms with Crippen LogP contribution in [-0.2, 0) is 5.41 Å². The first kappa shape index (κ1) is 29.2. The zero-order valence-corrected chi connectivity index (χ0v) is 25.7. The number of likely N-dealkylation sites (tertiary alicyclic amines) is 1. The van der Waals surface area contributed by atoms with Gasteiger partial charge in [0.1, 0.15) is 17.7 Å². The number of ether oxygens (including phenoxy) is 1. The van der Waals surface area contributed by atoms with Crippen LogP contribution >= 0.6 is 34.8 Å². The number of hydrogen-bond donors (Lipinski definition) is 1. The predicted molar refractivity (Wildman–Crippen MR) is 167 cm³/mol. The maximum atomic E-state index is 16.3. The number of nitrogens with zero attached hydrogens (tertiary/aromatic N) is 3. The number of benzene rings is 3. The molecule has 10 heteroatoms. The molecule has 1 spiro atoms. The van der Waals surface area contributed by atoms with Crippen molar-refractivity contribution in [1.82, 2.24) is 15.1 Å². The van der Waals surface area contributed by atoms with Gasteiger partial charge in [-0.1, -0.05) is 53.0 Å². The highest BCUT2D eigenvalue weighted by atomic mass is 35.5. The van der Waals surface area contributed by atoms with E-state index >= 15 is 4.39 Å². The van der Waals surface area contributed by atoms with E-state index in [4.69, 9.17) is 44.5 Å². The first-order valence-electron chi connectivity index (χ1n) is 14.1. The van der Waals surface area contributed by atoms with E-state index in [-0.39, 0.29) is 23.1 Å². The predicted octanol–water partition coefficient (Wildman–Crippen LogP) is 7.78. The highest BCUT2D eigenvalue weighted by molar-refractivity contribution is 6.31. The number of nitrogens with one attached hydrogen (secondary N) is 1. The van der Waals surface area contributed by atoms with E-state index in [0.717, 1.165) is 23.2 Å². The van der Waals surface area contributed by atoms with Crippen LogP contribution in [0.1, 0.15) is 47.9 Å². The Kier molecular flexibility index (Phi) is 8.13. The van der Waals surface area contributed by atoms with E-state index in [0.29, 0.717) is 53.8 Å². The Hall–Kier alpha value is -2.84. The monoisotopic (exact) mass is 628 g/mol.